The minimum atomic E-state index is -0.807. The minimum Gasteiger partial charge on any atom is -0.383 e. The van der Waals surface area contributed by atoms with E-state index in [1.807, 2.05) is 6.07 Å². The summed E-state index contributed by atoms with van der Waals surface area (Å²) in [4.78, 5) is 46.7. The number of hydrogen-bond donors (Lipinski definition) is 2. The fraction of sp³-hybridized carbons (Fsp3) is 0.167. The van der Waals surface area contributed by atoms with E-state index in [1.165, 1.54) is 53.4 Å². The molecule has 0 aliphatic rings. The van der Waals surface area contributed by atoms with Gasteiger partial charge in [0, 0.05) is 12.8 Å². The molecule has 0 fully saturated rings. The summed E-state index contributed by atoms with van der Waals surface area (Å²) in [5.41, 5.74) is 5.90. The largest absolute Gasteiger partial charge is 0.383 e. The van der Waals surface area contributed by atoms with Crippen molar-refractivity contribution in [2.45, 2.75) is 13.1 Å². The monoisotopic (exact) mass is 478 g/mol. The number of methoxy groups -OCH3 is 1. The van der Waals surface area contributed by atoms with Crippen molar-refractivity contribution in [1.29, 1.82) is 0 Å². The smallest absolute Gasteiger partial charge is 0.330 e. The number of H-pyrrole nitrogens is 1. The van der Waals surface area contributed by atoms with Crippen molar-refractivity contribution in [1.82, 2.24) is 19.1 Å². The van der Waals surface area contributed by atoms with Crippen molar-refractivity contribution >= 4 is 17.4 Å². The highest BCUT2D eigenvalue weighted by Crippen LogP contribution is 2.23. The molecule has 0 unspecified atom stereocenters. The number of anilines is 2. The Hall–Kier alpha value is -4.51. The summed E-state index contributed by atoms with van der Waals surface area (Å²) in [5.74, 6) is -1.19. The lowest BCUT2D eigenvalue weighted by molar-refractivity contribution is 0.0978. The minimum absolute atomic E-state index is 0.00989. The Bertz CT molecular complexity index is 1440. The zero-order chi connectivity index (χ0) is 24.9. The molecule has 3 N–H and O–H groups in total. The first-order chi connectivity index (χ1) is 16.9. The molecule has 11 heteroatoms. The molecule has 0 aliphatic carbocycles. The molecule has 0 saturated carbocycles. The number of nitrogens with one attached hydrogen (secondary N) is 1. The number of halogens is 1. The van der Waals surface area contributed by atoms with Crippen molar-refractivity contribution in [2.24, 2.45) is 0 Å². The van der Waals surface area contributed by atoms with Crippen LogP contribution in [-0.2, 0) is 17.8 Å². The van der Waals surface area contributed by atoms with Crippen LogP contribution in [0.5, 0.6) is 0 Å². The lowest BCUT2D eigenvalue weighted by Crippen LogP contribution is -2.41. The lowest BCUT2D eigenvalue weighted by Gasteiger charge is -2.25. The van der Waals surface area contributed by atoms with E-state index >= 15 is 0 Å². The van der Waals surface area contributed by atoms with E-state index in [0.717, 1.165) is 10.1 Å². The maximum atomic E-state index is 13.9. The molecule has 10 nitrogen and oxygen atoms in total. The van der Waals surface area contributed by atoms with E-state index < -0.39 is 23.0 Å². The lowest BCUT2D eigenvalue weighted by atomic mass is 10.2. The molecule has 1 amide bonds. The Morgan fingerprint density at radius 1 is 1.14 bits per heavy atom. The highest BCUT2D eigenvalue weighted by atomic mass is 19.1. The van der Waals surface area contributed by atoms with Crippen molar-refractivity contribution < 1.29 is 13.9 Å². The Morgan fingerprint density at radius 3 is 2.54 bits per heavy atom. The van der Waals surface area contributed by atoms with E-state index in [-0.39, 0.29) is 36.9 Å². The highest BCUT2D eigenvalue weighted by molar-refractivity contribution is 6.06. The van der Waals surface area contributed by atoms with Gasteiger partial charge in [-0.1, -0.05) is 30.3 Å². The first-order valence-electron chi connectivity index (χ1n) is 10.7. The van der Waals surface area contributed by atoms with Gasteiger partial charge in [-0.15, -0.1) is 0 Å². The molecule has 0 bridgehead atoms. The number of nitrogens with zero attached hydrogens (tertiary/aromatic N) is 4. The molecule has 0 aliphatic heterocycles. The van der Waals surface area contributed by atoms with Gasteiger partial charge in [-0.25, -0.2) is 14.2 Å². The summed E-state index contributed by atoms with van der Waals surface area (Å²) in [7, 11) is 1.47. The van der Waals surface area contributed by atoms with Crippen LogP contribution in [0.2, 0.25) is 0 Å². The van der Waals surface area contributed by atoms with E-state index in [9.17, 15) is 18.8 Å². The molecule has 0 saturated heterocycles. The second-order valence-corrected chi connectivity index (χ2v) is 7.64. The van der Waals surface area contributed by atoms with Gasteiger partial charge >= 0.3 is 5.69 Å². The summed E-state index contributed by atoms with van der Waals surface area (Å²) in [6.07, 6.45) is 2.75. The predicted octanol–water partition coefficient (Wildman–Crippen LogP) is 1.94. The zero-order valence-corrected chi connectivity index (χ0v) is 18.8. The van der Waals surface area contributed by atoms with Crippen molar-refractivity contribution in [3.8, 4) is 5.69 Å². The second kappa shape index (κ2) is 10.2. The number of imidazole rings is 1. The fourth-order valence-corrected chi connectivity index (χ4v) is 3.66. The van der Waals surface area contributed by atoms with Gasteiger partial charge in [0.2, 0.25) is 0 Å². The SMILES string of the molecule is COCCn1c(N)c(N(Cc2ccccc2)C(=O)c2cncn2-c2ccc(F)cc2)c(=O)[nH]c1=O. The number of rotatable bonds is 8. The average molecular weight is 478 g/mol. The molecule has 4 rings (SSSR count). The summed E-state index contributed by atoms with van der Waals surface area (Å²) in [6, 6.07) is 14.5. The van der Waals surface area contributed by atoms with Gasteiger partial charge in [0.1, 0.15) is 17.3 Å². The first kappa shape index (κ1) is 23.6. The fourth-order valence-electron chi connectivity index (χ4n) is 3.66. The van der Waals surface area contributed by atoms with Crippen LogP contribution in [0.3, 0.4) is 0 Å². The third-order valence-corrected chi connectivity index (χ3v) is 5.39. The standard InChI is InChI=1S/C24H23FN6O4/c1-35-12-11-29-21(26)20(22(32)28-24(29)34)30(14-16-5-3-2-4-6-16)23(33)19-13-27-15-31(19)18-9-7-17(25)8-10-18/h2-10,13,15H,11-12,14,26H2,1H3,(H,28,32,34). The number of hydrogen-bond acceptors (Lipinski definition) is 6. The number of aromatic amines is 1. The van der Waals surface area contributed by atoms with Crippen LogP contribution in [-0.4, -0.2) is 38.7 Å². The van der Waals surface area contributed by atoms with Crippen molar-refractivity contribution in [3.63, 3.8) is 0 Å². The van der Waals surface area contributed by atoms with Gasteiger partial charge in [-0.3, -0.25) is 28.6 Å². The molecular weight excluding hydrogens is 455 g/mol. The van der Waals surface area contributed by atoms with Gasteiger partial charge < -0.3 is 10.5 Å². The van der Waals surface area contributed by atoms with E-state index in [4.69, 9.17) is 10.5 Å². The number of carbonyl (C=O) groups excluding carboxylic acids is 1. The summed E-state index contributed by atoms with van der Waals surface area (Å²) in [5, 5.41) is 0. The zero-order valence-electron chi connectivity index (χ0n) is 18.8. The molecular formula is C24H23FN6O4. The van der Waals surface area contributed by atoms with Gasteiger partial charge in [-0.2, -0.15) is 0 Å². The molecule has 0 spiro atoms. The molecule has 2 aromatic carbocycles. The quantitative estimate of drug-likeness (QED) is 0.398. The Labute approximate surface area is 199 Å². The maximum absolute atomic E-state index is 13.9. The first-order valence-corrected chi connectivity index (χ1v) is 10.7. The molecule has 4 aromatic rings. The second-order valence-electron chi connectivity index (χ2n) is 7.64. The summed E-state index contributed by atoms with van der Waals surface area (Å²) >= 11 is 0. The van der Waals surface area contributed by atoms with Crippen LogP contribution in [0.25, 0.3) is 5.69 Å². The molecule has 0 atom stereocenters. The number of amides is 1. The molecule has 0 radical (unpaired) electrons. The number of aromatic nitrogens is 4. The van der Waals surface area contributed by atoms with Crippen LogP contribution in [0.4, 0.5) is 15.9 Å². The third kappa shape index (κ3) is 4.89. The normalized spacial score (nSPS) is 10.9. The summed E-state index contributed by atoms with van der Waals surface area (Å²) < 4.78 is 21.1. The van der Waals surface area contributed by atoms with Gasteiger partial charge in [0.15, 0.2) is 5.69 Å². The van der Waals surface area contributed by atoms with Crippen LogP contribution in [0, 0.1) is 5.82 Å². The van der Waals surface area contributed by atoms with Gasteiger partial charge in [-0.05, 0) is 29.8 Å². The Balaban J connectivity index is 1.85. The highest BCUT2D eigenvalue weighted by Gasteiger charge is 2.28. The number of nitrogens with two attached hydrogens (primary N) is 1. The van der Waals surface area contributed by atoms with E-state index in [2.05, 4.69) is 9.97 Å². The molecule has 2 heterocycles. The topological polar surface area (TPSA) is 128 Å². The Morgan fingerprint density at radius 2 is 1.86 bits per heavy atom. The van der Waals surface area contributed by atoms with Crippen LogP contribution < -0.4 is 21.9 Å². The number of benzene rings is 2. The van der Waals surface area contributed by atoms with Crippen LogP contribution in [0.15, 0.2) is 76.7 Å². The van der Waals surface area contributed by atoms with Gasteiger partial charge in [0.25, 0.3) is 11.5 Å². The predicted molar refractivity (Wildman–Crippen MR) is 128 cm³/mol. The molecule has 35 heavy (non-hydrogen) atoms. The molecule has 2 aromatic heterocycles. The van der Waals surface area contributed by atoms with Crippen LogP contribution in [0.1, 0.15) is 16.1 Å². The maximum Gasteiger partial charge on any atom is 0.330 e. The van der Waals surface area contributed by atoms with Crippen molar-refractivity contribution in [3.05, 3.63) is 105 Å². The number of ether oxygens (including phenoxy) is 1. The van der Waals surface area contributed by atoms with Crippen LogP contribution >= 0.6 is 0 Å². The Kier molecular flexibility index (Phi) is 6.88. The van der Waals surface area contributed by atoms with Gasteiger partial charge in [0.05, 0.1) is 32.2 Å². The number of nitrogen functional groups attached to an aromatic ring is 1. The van der Waals surface area contributed by atoms with E-state index in [0.29, 0.717) is 5.69 Å². The van der Waals surface area contributed by atoms with E-state index in [1.54, 1.807) is 24.3 Å². The summed E-state index contributed by atoms with van der Waals surface area (Å²) in [6.45, 7) is 0.232. The average Bonchev–Trinajstić information content (AvgIpc) is 3.34. The third-order valence-electron chi connectivity index (χ3n) is 5.39. The van der Waals surface area contributed by atoms with Crippen molar-refractivity contribution in [2.75, 3.05) is 24.4 Å². The molecule has 180 valence electrons. The number of carbonyl (C=O) groups is 1.